The Kier molecular flexibility index (Phi) is 5.33. The molecule has 0 spiro atoms. The van der Waals surface area contributed by atoms with E-state index >= 15 is 0 Å². The van der Waals surface area contributed by atoms with Crippen LogP contribution in [0.2, 0.25) is 0 Å². The molecular weight excluding hydrogens is 407 g/mol. The molecule has 0 saturated carbocycles. The van der Waals surface area contributed by atoms with Crippen molar-refractivity contribution in [3.05, 3.63) is 75.9 Å². The van der Waals surface area contributed by atoms with Gasteiger partial charge in [0.2, 0.25) is 0 Å². The second-order valence-corrected chi connectivity index (χ2v) is 7.36. The number of aromatic nitrogens is 2. The summed E-state index contributed by atoms with van der Waals surface area (Å²) in [6.07, 6.45) is 1.36. The van der Waals surface area contributed by atoms with Crippen LogP contribution in [0.25, 0.3) is 21.3 Å². The number of thiophene rings is 1. The van der Waals surface area contributed by atoms with E-state index in [1.807, 2.05) is 5.38 Å². The van der Waals surface area contributed by atoms with Gasteiger partial charge in [-0.1, -0.05) is 12.1 Å². The maximum Gasteiger partial charge on any atom is 0.263 e. The fourth-order valence-electron chi connectivity index (χ4n) is 3.19. The van der Waals surface area contributed by atoms with Gasteiger partial charge >= 0.3 is 0 Å². The van der Waals surface area contributed by atoms with E-state index in [1.54, 1.807) is 30.3 Å². The molecule has 4 aromatic rings. The Bertz CT molecular complexity index is 1290. The summed E-state index contributed by atoms with van der Waals surface area (Å²) in [6, 6.07) is 10.8. The average Bonchev–Trinajstić information content (AvgIpc) is 3.20. The molecule has 0 aliphatic rings. The van der Waals surface area contributed by atoms with Crippen LogP contribution in [0.1, 0.15) is 10.4 Å². The number of hydrogen-bond donors (Lipinski definition) is 0. The summed E-state index contributed by atoms with van der Waals surface area (Å²) in [5.74, 6) is 0.277. The number of carbonyl (C=O) groups excluding carboxylic acids is 1. The first-order valence-corrected chi connectivity index (χ1v) is 9.87. The summed E-state index contributed by atoms with van der Waals surface area (Å²) in [7, 11) is 2.99. The monoisotopic (exact) mass is 424 g/mol. The van der Waals surface area contributed by atoms with Gasteiger partial charge in [-0.2, -0.15) is 0 Å². The topological polar surface area (TPSA) is 70.4 Å². The fraction of sp³-hybridized carbons (Fsp3) is 0.136. The molecule has 2 heterocycles. The third-order valence-electron chi connectivity index (χ3n) is 4.74. The highest BCUT2D eigenvalue weighted by atomic mass is 32.1. The van der Waals surface area contributed by atoms with Gasteiger partial charge in [0.05, 0.1) is 38.0 Å². The number of ether oxygens (including phenoxy) is 2. The normalized spacial score (nSPS) is 10.9. The number of benzene rings is 2. The molecule has 0 aliphatic heterocycles. The molecule has 8 heteroatoms. The van der Waals surface area contributed by atoms with Gasteiger partial charge in [0.25, 0.3) is 5.56 Å². The summed E-state index contributed by atoms with van der Waals surface area (Å²) in [4.78, 5) is 30.9. The molecule has 0 fully saturated rings. The van der Waals surface area contributed by atoms with Crippen LogP contribution < -0.4 is 15.0 Å². The van der Waals surface area contributed by atoms with Crippen molar-refractivity contribution in [2.45, 2.75) is 6.54 Å². The Balaban J connectivity index is 1.73. The van der Waals surface area contributed by atoms with E-state index in [0.717, 1.165) is 0 Å². The summed E-state index contributed by atoms with van der Waals surface area (Å²) >= 11 is 1.32. The minimum absolute atomic E-state index is 0.191. The summed E-state index contributed by atoms with van der Waals surface area (Å²) < 4.78 is 25.0. The molecule has 152 valence electrons. The summed E-state index contributed by atoms with van der Waals surface area (Å²) in [5, 5.41) is 2.22. The number of ketones is 1. The van der Waals surface area contributed by atoms with Crippen molar-refractivity contribution in [2.75, 3.05) is 14.2 Å². The number of methoxy groups -OCH3 is 2. The number of halogens is 1. The van der Waals surface area contributed by atoms with Gasteiger partial charge in [0, 0.05) is 17.0 Å². The number of nitrogens with zero attached hydrogens (tertiary/aromatic N) is 2. The molecular formula is C22H17FN2O4S. The van der Waals surface area contributed by atoms with E-state index in [9.17, 15) is 14.0 Å². The molecule has 30 heavy (non-hydrogen) atoms. The van der Waals surface area contributed by atoms with Crippen LogP contribution in [0.4, 0.5) is 4.39 Å². The summed E-state index contributed by atoms with van der Waals surface area (Å²) in [5.41, 5.74) is 1.38. The van der Waals surface area contributed by atoms with Crippen LogP contribution >= 0.6 is 11.3 Å². The van der Waals surface area contributed by atoms with Gasteiger partial charge in [0.15, 0.2) is 5.78 Å². The maximum absolute atomic E-state index is 13.3. The Labute approximate surface area is 175 Å². The Morgan fingerprint density at radius 2 is 1.90 bits per heavy atom. The predicted molar refractivity (Wildman–Crippen MR) is 113 cm³/mol. The van der Waals surface area contributed by atoms with Gasteiger partial charge in [-0.25, -0.2) is 9.37 Å². The molecule has 0 N–H and O–H groups in total. The third-order valence-corrected chi connectivity index (χ3v) is 5.63. The molecule has 2 aromatic carbocycles. The highest BCUT2D eigenvalue weighted by Crippen LogP contribution is 2.31. The second kappa shape index (κ2) is 8.08. The first kappa shape index (κ1) is 19.8. The van der Waals surface area contributed by atoms with Crippen LogP contribution in [0.3, 0.4) is 0 Å². The minimum atomic E-state index is -0.354. The van der Waals surface area contributed by atoms with Gasteiger partial charge in [-0.05, 0) is 29.8 Å². The molecule has 6 nitrogen and oxygen atoms in total. The minimum Gasteiger partial charge on any atom is -0.497 e. The van der Waals surface area contributed by atoms with E-state index in [0.29, 0.717) is 38.4 Å². The van der Waals surface area contributed by atoms with Gasteiger partial charge in [0.1, 0.15) is 22.1 Å². The highest BCUT2D eigenvalue weighted by molar-refractivity contribution is 7.17. The molecule has 0 atom stereocenters. The van der Waals surface area contributed by atoms with E-state index in [1.165, 1.54) is 48.6 Å². The zero-order valence-corrected chi connectivity index (χ0v) is 17.0. The lowest BCUT2D eigenvalue weighted by Gasteiger charge is -2.10. The molecule has 0 aliphatic carbocycles. The molecule has 0 amide bonds. The van der Waals surface area contributed by atoms with E-state index in [4.69, 9.17) is 9.47 Å². The lowest BCUT2D eigenvalue weighted by Crippen LogP contribution is -2.24. The van der Waals surface area contributed by atoms with Crippen molar-refractivity contribution >= 4 is 27.3 Å². The fourth-order valence-corrected chi connectivity index (χ4v) is 4.10. The SMILES string of the molecule is COc1ccc(C(=O)Cn2cnc3scc(-c4ccc(F)cc4)c3c2=O)c(OC)c1. The number of Topliss-reactive ketones (excluding diaryl/α,β-unsaturated/α-hetero) is 1. The molecule has 0 unspecified atom stereocenters. The number of hydrogen-bond acceptors (Lipinski definition) is 6. The third kappa shape index (κ3) is 3.57. The molecule has 0 saturated heterocycles. The lowest BCUT2D eigenvalue weighted by atomic mass is 10.1. The first-order chi connectivity index (χ1) is 14.5. The zero-order chi connectivity index (χ0) is 21.3. The Morgan fingerprint density at radius 1 is 1.13 bits per heavy atom. The van der Waals surface area contributed by atoms with Crippen molar-refractivity contribution < 1.29 is 18.7 Å². The average molecular weight is 424 g/mol. The van der Waals surface area contributed by atoms with Crippen molar-refractivity contribution in [1.82, 2.24) is 9.55 Å². The Hall–Kier alpha value is -3.52. The van der Waals surface area contributed by atoms with Crippen molar-refractivity contribution in [2.24, 2.45) is 0 Å². The largest absolute Gasteiger partial charge is 0.497 e. The standard InChI is InChI=1S/C22H17FN2O4S/c1-28-15-7-8-16(19(9-15)29-2)18(26)10-25-12-24-21-20(22(25)27)17(11-30-21)13-3-5-14(23)6-4-13/h3-9,11-12H,10H2,1-2H3. The molecule has 0 radical (unpaired) electrons. The lowest BCUT2D eigenvalue weighted by molar-refractivity contribution is 0.0967. The van der Waals surface area contributed by atoms with Crippen LogP contribution in [0, 0.1) is 5.82 Å². The molecule has 4 rings (SSSR count). The number of rotatable bonds is 6. The van der Waals surface area contributed by atoms with Gasteiger partial charge in [-0.3, -0.25) is 14.2 Å². The zero-order valence-electron chi connectivity index (χ0n) is 16.2. The van der Waals surface area contributed by atoms with E-state index < -0.39 is 0 Å². The van der Waals surface area contributed by atoms with Gasteiger partial charge in [-0.15, -0.1) is 11.3 Å². The highest BCUT2D eigenvalue weighted by Gasteiger charge is 2.18. The van der Waals surface area contributed by atoms with Crippen LogP contribution in [0.15, 0.2) is 59.0 Å². The maximum atomic E-state index is 13.3. The van der Waals surface area contributed by atoms with Crippen LogP contribution in [-0.2, 0) is 6.54 Å². The number of carbonyl (C=O) groups is 1. The van der Waals surface area contributed by atoms with Crippen molar-refractivity contribution in [3.63, 3.8) is 0 Å². The van der Waals surface area contributed by atoms with Crippen molar-refractivity contribution in [3.8, 4) is 22.6 Å². The van der Waals surface area contributed by atoms with E-state index in [-0.39, 0.29) is 23.7 Å². The predicted octanol–water partition coefficient (Wildman–Crippen LogP) is 4.16. The van der Waals surface area contributed by atoms with Crippen LogP contribution in [-0.4, -0.2) is 29.6 Å². The van der Waals surface area contributed by atoms with Crippen LogP contribution in [0.5, 0.6) is 11.5 Å². The van der Waals surface area contributed by atoms with Gasteiger partial charge < -0.3 is 9.47 Å². The molecule has 0 bridgehead atoms. The summed E-state index contributed by atoms with van der Waals surface area (Å²) in [6.45, 7) is -0.191. The number of fused-ring (bicyclic) bond motifs is 1. The Morgan fingerprint density at radius 3 is 2.60 bits per heavy atom. The molecule has 2 aromatic heterocycles. The quantitative estimate of drug-likeness (QED) is 0.435. The van der Waals surface area contributed by atoms with E-state index in [2.05, 4.69) is 4.98 Å². The van der Waals surface area contributed by atoms with Crippen molar-refractivity contribution in [1.29, 1.82) is 0 Å². The first-order valence-electron chi connectivity index (χ1n) is 8.99. The second-order valence-electron chi connectivity index (χ2n) is 6.50. The smallest absolute Gasteiger partial charge is 0.263 e.